The first-order valence-electron chi connectivity index (χ1n) is 8.83. The topological polar surface area (TPSA) is 57.5 Å². The van der Waals surface area contributed by atoms with Crippen LogP contribution in [0.15, 0.2) is 0 Å². The molecule has 0 aromatic heterocycles. The van der Waals surface area contributed by atoms with Crippen molar-refractivity contribution in [2.24, 2.45) is 0 Å². The molecular weight excluding hydrogens is 284 g/mol. The van der Waals surface area contributed by atoms with E-state index < -0.39 is 22.2 Å². The summed E-state index contributed by atoms with van der Waals surface area (Å²) >= 11 is 0. The van der Waals surface area contributed by atoms with Crippen LogP contribution >= 0.6 is 0 Å². The maximum absolute atomic E-state index is 12.2. The van der Waals surface area contributed by atoms with E-state index in [2.05, 4.69) is 13.8 Å². The minimum Gasteiger partial charge on any atom is -0.395 e. The Morgan fingerprint density at radius 2 is 1.38 bits per heavy atom. The van der Waals surface area contributed by atoms with Gasteiger partial charge in [-0.1, -0.05) is 71.6 Å². The molecule has 0 rings (SSSR count). The molecule has 128 valence electrons. The summed E-state index contributed by atoms with van der Waals surface area (Å²) < 4.78 is 12.2. The third kappa shape index (κ3) is 11.3. The molecule has 3 nitrogen and oxygen atoms in total. The average Bonchev–Trinajstić information content (AvgIpc) is 2.48. The molecule has 0 aromatic rings. The van der Waals surface area contributed by atoms with Crippen molar-refractivity contribution in [3.63, 3.8) is 0 Å². The number of hydrogen-bond acceptors (Lipinski definition) is 3. The number of aliphatic hydroxyl groups is 2. The van der Waals surface area contributed by atoms with Crippen LogP contribution in [0.2, 0.25) is 0 Å². The van der Waals surface area contributed by atoms with E-state index in [0.29, 0.717) is 12.2 Å². The van der Waals surface area contributed by atoms with Crippen LogP contribution in [0.25, 0.3) is 0 Å². The SMILES string of the molecule is CCCCCCCCS(=O)C(CO)C(O)CCCCCC. The molecule has 0 radical (unpaired) electrons. The molecule has 3 atom stereocenters. The second-order valence-corrected chi connectivity index (χ2v) is 7.77. The number of unbranched alkanes of at least 4 members (excludes halogenated alkanes) is 8. The van der Waals surface area contributed by atoms with Crippen LogP contribution in [0.3, 0.4) is 0 Å². The van der Waals surface area contributed by atoms with Crippen molar-refractivity contribution < 1.29 is 14.4 Å². The molecule has 4 heteroatoms. The van der Waals surface area contributed by atoms with E-state index in [4.69, 9.17) is 0 Å². The minimum atomic E-state index is -1.10. The van der Waals surface area contributed by atoms with Gasteiger partial charge in [-0.15, -0.1) is 0 Å². The van der Waals surface area contributed by atoms with Gasteiger partial charge in [-0.25, -0.2) is 0 Å². The van der Waals surface area contributed by atoms with Crippen molar-refractivity contribution in [1.82, 2.24) is 0 Å². The molecule has 0 amide bonds. The lowest BCUT2D eigenvalue weighted by atomic mass is 10.1. The molecule has 21 heavy (non-hydrogen) atoms. The lowest BCUT2D eigenvalue weighted by Crippen LogP contribution is -2.35. The molecular formula is C17H36O3S. The summed E-state index contributed by atoms with van der Waals surface area (Å²) in [6.07, 6.45) is 11.5. The molecule has 0 aromatic carbocycles. The van der Waals surface area contributed by atoms with Crippen molar-refractivity contribution in [3.8, 4) is 0 Å². The maximum Gasteiger partial charge on any atom is 0.0837 e. The van der Waals surface area contributed by atoms with E-state index in [9.17, 15) is 14.4 Å². The molecule has 2 N–H and O–H groups in total. The largest absolute Gasteiger partial charge is 0.395 e. The lowest BCUT2D eigenvalue weighted by Gasteiger charge is -2.20. The molecule has 0 aliphatic carbocycles. The highest BCUT2D eigenvalue weighted by Gasteiger charge is 2.23. The number of hydrogen-bond donors (Lipinski definition) is 2. The summed E-state index contributed by atoms with van der Waals surface area (Å²) in [5, 5.41) is 19.0. The minimum absolute atomic E-state index is 0.169. The quantitative estimate of drug-likeness (QED) is 0.451. The Bertz CT molecular complexity index is 246. The molecule has 0 aliphatic heterocycles. The Morgan fingerprint density at radius 3 is 1.95 bits per heavy atom. The molecule has 0 saturated carbocycles. The van der Waals surface area contributed by atoms with Crippen LogP contribution in [-0.2, 0) is 10.8 Å². The zero-order valence-corrected chi connectivity index (χ0v) is 14.9. The van der Waals surface area contributed by atoms with E-state index >= 15 is 0 Å². The van der Waals surface area contributed by atoms with Crippen molar-refractivity contribution in [1.29, 1.82) is 0 Å². The highest BCUT2D eigenvalue weighted by molar-refractivity contribution is 7.85. The van der Waals surface area contributed by atoms with Crippen LogP contribution in [0.4, 0.5) is 0 Å². The molecule has 0 bridgehead atoms. The Kier molecular flexibility index (Phi) is 15.0. The summed E-state index contributed by atoms with van der Waals surface area (Å²) in [7, 11) is -1.10. The van der Waals surface area contributed by atoms with Gasteiger partial charge in [0.25, 0.3) is 0 Å². The van der Waals surface area contributed by atoms with Gasteiger partial charge in [0, 0.05) is 16.6 Å². The van der Waals surface area contributed by atoms with Crippen molar-refractivity contribution in [2.75, 3.05) is 12.4 Å². The van der Waals surface area contributed by atoms with Gasteiger partial charge in [-0.05, 0) is 12.8 Å². The van der Waals surface area contributed by atoms with Crippen LogP contribution in [0.5, 0.6) is 0 Å². The molecule has 0 fully saturated rings. The summed E-state index contributed by atoms with van der Waals surface area (Å²) in [6, 6.07) is 0. The van der Waals surface area contributed by atoms with Crippen molar-refractivity contribution in [3.05, 3.63) is 0 Å². The average molecular weight is 321 g/mol. The van der Waals surface area contributed by atoms with Gasteiger partial charge in [-0.2, -0.15) is 0 Å². The van der Waals surface area contributed by atoms with Gasteiger partial charge < -0.3 is 10.2 Å². The van der Waals surface area contributed by atoms with Gasteiger partial charge in [-0.3, -0.25) is 4.21 Å². The fourth-order valence-electron chi connectivity index (χ4n) is 2.52. The molecule has 0 saturated heterocycles. The van der Waals surface area contributed by atoms with E-state index in [1.807, 2.05) is 0 Å². The first-order valence-corrected chi connectivity index (χ1v) is 10.2. The first kappa shape index (κ1) is 21.1. The summed E-state index contributed by atoms with van der Waals surface area (Å²) in [5.74, 6) is 0.614. The van der Waals surface area contributed by atoms with E-state index in [0.717, 1.165) is 25.7 Å². The van der Waals surface area contributed by atoms with Gasteiger partial charge in [0.2, 0.25) is 0 Å². The van der Waals surface area contributed by atoms with Crippen LogP contribution in [-0.4, -0.2) is 38.1 Å². The fraction of sp³-hybridized carbons (Fsp3) is 1.00. The molecule has 0 heterocycles. The second-order valence-electron chi connectivity index (χ2n) is 5.99. The Labute approximate surface area is 134 Å². The van der Waals surface area contributed by atoms with Gasteiger partial charge in [0.1, 0.15) is 0 Å². The van der Waals surface area contributed by atoms with Gasteiger partial charge in [0.15, 0.2) is 0 Å². The smallest absolute Gasteiger partial charge is 0.0837 e. The van der Waals surface area contributed by atoms with E-state index in [1.165, 1.54) is 38.5 Å². The highest BCUT2D eigenvalue weighted by Crippen LogP contribution is 2.14. The third-order valence-corrected chi connectivity index (χ3v) is 5.83. The normalized spacial score (nSPS) is 15.8. The van der Waals surface area contributed by atoms with Crippen molar-refractivity contribution >= 4 is 10.8 Å². The predicted molar refractivity (Wildman–Crippen MR) is 92.0 cm³/mol. The summed E-state index contributed by atoms with van der Waals surface area (Å²) in [4.78, 5) is 0. The Hall–Kier alpha value is 0.0700. The first-order chi connectivity index (χ1) is 10.2. The monoisotopic (exact) mass is 320 g/mol. The molecule has 3 unspecified atom stereocenters. The lowest BCUT2D eigenvalue weighted by molar-refractivity contribution is 0.127. The van der Waals surface area contributed by atoms with E-state index in [-0.39, 0.29) is 6.61 Å². The van der Waals surface area contributed by atoms with Gasteiger partial charge in [0.05, 0.1) is 18.0 Å². The zero-order chi connectivity index (χ0) is 15.9. The maximum atomic E-state index is 12.2. The number of aliphatic hydroxyl groups excluding tert-OH is 2. The Balaban J connectivity index is 3.83. The van der Waals surface area contributed by atoms with E-state index in [1.54, 1.807) is 0 Å². The highest BCUT2D eigenvalue weighted by atomic mass is 32.2. The van der Waals surface area contributed by atoms with Crippen LogP contribution < -0.4 is 0 Å². The zero-order valence-electron chi connectivity index (χ0n) is 14.1. The van der Waals surface area contributed by atoms with Gasteiger partial charge >= 0.3 is 0 Å². The van der Waals surface area contributed by atoms with Crippen LogP contribution in [0, 0.1) is 0 Å². The standard InChI is InChI=1S/C17H36O3S/c1-3-5-7-9-10-12-14-21(20)17(15-18)16(19)13-11-8-6-4-2/h16-19H,3-15H2,1-2H3. The molecule has 0 spiro atoms. The summed E-state index contributed by atoms with van der Waals surface area (Å²) in [6.45, 7) is 4.18. The fourth-order valence-corrected chi connectivity index (χ4v) is 3.97. The number of rotatable bonds is 15. The summed E-state index contributed by atoms with van der Waals surface area (Å²) in [5.41, 5.74) is 0. The van der Waals surface area contributed by atoms with Crippen LogP contribution in [0.1, 0.15) is 84.5 Å². The third-order valence-electron chi connectivity index (χ3n) is 4.00. The second kappa shape index (κ2) is 15.0. The Morgan fingerprint density at radius 1 is 0.857 bits per heavy atom. The predicted octanol–water partition coefficient (Wildman–Crippen LogP) is 3.79. The molecule has 0 aliphatic rings. The van der Waals surface area contributed by atoms with Crippen molar-refractivity contribution in [2.45, 2.75) is 95.8 Å².